The second-order valence-corrected chi connectivity index (χ2v) is 5.97. The number of methoxy groups -OCH3 is 1. The van der Waals surface area contributed by atoms with Crippen molar-refractivity contribution in [3.63, 3.8) is 0 Å². The maximum atomic E-state index is 12.2. The molecule has 7 heteroatoms. The first-order valence-corrected chi connectivity index (χ1v) is 8.75. The number of carbonyl (C=O) groups is 2. The van der Waals surface area contributed by atoms with Crippen molar-refractivity contribution in [3.05, 3.63) is 83.8 Å². The molecule has 0 saturated heterocycles. The first kappa shape index (κ1) is 19.0. The number of aromatic nitrogens is 2. The van der Waals surface area contributed by atoms with Crippen LogP contribution in [0, 0.1) is 0 Å². The lowest BCUT2D eigenvalue weighted by molar-refractivity contribution is 0.0600. The summed E-state index contributed by atoms with van der Waals surface area (Å²) in [5.74, 6) is -0.168. The molecule has 1 heterocycles. The molecule has 7 nitrogen and oxygen atoms in total. The SMILES string of the molecule is COC(=O)c1ccc(Nc2cnc(C(=O)NCCc3ccccc3)cn2)cc1. The Hall–Kier alpha value is -3.74. The maximum absolute atomic E-state index is 12.2. The second-order valence-electron chi connectivity index (χ2n) is 5.97. The number of hydrogen-bond donors (Lipinski definition) is 2. The van der Waals surface area contributed by atoms with Gasteiger partial charge in [0, 0.05) is 12.2 Å². The molecule has 0 saturated carbocycles. The number of carbonyl (C=O) groups excluding carboxylic acids is 2. The van der Waals surface area contributed by atoms with Crippen LogP contribution in [0.1, 0.15) is 26.4 Å². The number of rotatable bonds is 7. The molecule has 2 aromatic carbocycles. The standard InChI is InChI=1S/C21H20N4O3/c1-28-21(27)16-7-9-17(10-8-16)25-19-14-23-18(13-24-19)20(26)22-12-11-15-5-3-2-4-6-15/h2-10,13-14H,11-12H2,1H3,(H,22,26)(H,24,25). The zero-order valence-electron chi connectivity index (χ0n) is 15.4. The molecule has 0 aliphatic heterocycles. The van der Waals surface area contributed by atoms with Gasteiger partial charge in [-0.1, -0.05) is 30.3 Å². The number of nitrogens with zero attached hydrogens (tertiary/aromatic N) is 2. The van der Waals surface area contributed by atoms with Crippen LogP contribution in [-0.2, 0) is 11.2 Å². The summed E-state index contributed by atoms with van der Waals surface area (Å²) in [6.07, 6.45) is 3.66. The van der Waals surface area contributed by atoms with Crippen molar-refractivity contribution in [1.29, 1.82) is 0 Å². The summed E-state index contributed by atoms with van der Waals surface area (Å²) in [7, 11) is 1.34. The third-order valence-corrected chi connectivity index (χ3v) is 4.00. The minimum Gasteiger partial charge on any atom is -0.465 e. The zero-order chi connectivity index (χ0) is 19.8. The molecule has 28 heavy (non-hydrogen) atoms. The monoisotopic (exact) mass is 376 g/mol. The van der Waals surface area contributed by atoms with Gasteiger partial charge in [0.05, 0.1) is 25.1 Å². The van der Waals surface area contributed by atoms with E-state index in [1.165, 1.54) is 19.5 Å². The van der Waals surface area contributed by atoms with Crippen molar-refractivity contribution in [2.45, 2.75) is 6.42 Å². The number of benzene rings is 2. The number of esters is 1. The van der Waals surface area contributed by atoms with Crippen molar-refractivity contribution in [1.82, 2.24) is 15.3 Å². The van der Waals surface area contributed by atoms with Crippen LogP contribution in [0.15, 0.2) is 67.0 Å². The first-order chi connectivity index (χ1) is 13.7. The molecule has 3 aromatic rings. The van der Waals surface area contributed by atoms with Gasteiger partial charge in [0.15, 0.2) is 0 Å². The quantitative estimate of drug-likeness (QED) is 0.616. The molecule has 3 rings (SSSR count). The Morgan fingerprint density at radius 1 is 0.964 bits per heavy atom. The van der Waals surface area contributed by atoms with E-state index in [4.69, 9.17) is 0 Å². The van der Waals surface area contributed by atoms with Gasteiger partial charge in [-0.25, -0.2) is 14.8 Å². The molecule has 0 fully saturated rings. The molecular weight excluding hydrogens is 356 g/mol. The van der Waals surface area contributed by atoms with E-state index in [2.05, 4.69) is 25.3 Å². The fourth-order valence-electron chi connectivity index (χ4n) is 2.52. The van der Waals surface area contributed by atoms with E-state index in [1.807, 2.05) is 30.3 Å². The Morgan fingerprint density at radius 3 is 2.36 bits per heavy atom. The van der Waals surface area contributed by atoms with E-state index in [0.29, 0.717) is 17.9 Å². The lowest BCUT2D eigenvalue weighted by Crippen LogP contribution is -2.26. The van der Waals surface area contributed by atoms with Crippen LogP contribution in [0.25, 0.3) is 0 Å². The fourth-order valence-corrected chi connectivity index (χ4v) is 2.52. The Morgan fingerprint density at radius 2 is 1.71 bits per heavy atom. The van der Waals surface area contributed by atoms with E-state index in [1.54, 1.807) is 24.3 Å². The normalized spacial score (nSPS) is 10.2. The smallest absolute Gasteiger partial charge is 0.337 e. The molecule has 0 radical (unpaired) electrons. The fraction of sp³-hybridized carbons (Fsp3) is 0.143. The molecule has 0 bridgehead atoms. The molecule has 0 spiro atoms. The van der Waals surface area contributed by atoms with Gasteiger partial charge in [-0.05, 0) is 36.2 Å². The van der Waals surface area contributed by atoms with Crippen LogP contribution < -0.4 is 10.6 Å². The van der Waals surface area contributed by atoms with E-state index < -0.39 is 5.97 Å². The Bertz CT molecular complexity index is 926. The number of amides is 1. The summed E-state index contributed by atoms with van der Waals surface area (Å²) in [4.78, 5) is 32.0. The van der Waals surface area contributed by atoms with Crippen LogP contribution in [0.5, 0.6) is 0 Å². The van der Waals surface area contributed by atoms with Crippen LogP contribution in [-0.4, -0.2) is 35.5 Å². The van der Waals surface area contributed by atoms with Crippen LogP contribution in [0.4, 0.5) is 11.5 Å². The van der Waals surface area contributed by atoms with E-state index in [9.17, 15) is 9.59 Å². The second kappa shape index (κ2) is 9.27. The van der Waals surface area contributed by atoms with Gasteiger partial charge in [0.1, 0.15) is 11.5 Å². The molecule has 2 N–H and O–H groups in total. The first-order valence-electron chi connectivity index (χ1n) is 8.75. The summed E-state index contributed by atoms with van der Waals surface area (Å²) in [5.41, 5.74) is 2.61. The van der Waals surface area contributed by atoms with Crippen molar-refractivity contribution >= 4 is 23.4 Å². The number of hydrogen-bond acceptors (Lipinski definition) is 6. The van der Waals surface area contributed by atoms with Crippen molar-refractivity contribution in [3.8, 4) is 0 Å². The van der Waals surface area contributed by atoms with Crippen LogP contribution >= 0.6 is 0 Å². The maximum Gasteiger partial charge on any atom is 0.337 e. The van der Waals surface area contributed by atoms with E-state index >= 15 is 0 Å². The van der Waals surface area contributed by atoms with Gasteiger partial charge in [-0.15, -0.1) is 0 Å². The lowest BCUT2D eigenvalue weighted by atomic mass is 10.1. The third kappa shape index (κ3) is 5.14. The summed E-state index contributed by atoms with van der Waals surface area (Å²) < 4.78 is 4.66. The predicted molar refractivity (Wildman–Crippen MR) is 106 cm³/mol. The average Bonchev–Trinajstić information content (AvgIpc) is 2.75. The molecule has 0 unspecified atom stereocenters. The Kier molecular flexibility index (Phi) is 6.30. The minimum absolute atomic E-state index is 0.250. The van der Waals surface area contributed by atoms with Crippen LogP contribution in [0.3, 0.4) is 0 Å². The number of ether oxygens (including phenoxy) is 1. The Labute approximate surface area is 162 Å². The highest BCUT2D eigenvalue weighted by molar-refractivity contribution is 5.92. The summed E-state index contributed by atoms with van der Waals surface area (Å²) in [6.45, 7) is 0.525. The number of anilines is 2. The van der Waals surface area contributed by atoms with Gasteiger partial charge in [0.2, 0.25) is 0 Å². The van der Waals surface area contributed by atoms with Gasteiger partial charge in [-0.3, -0.25) is 4.79 Å². The lowest BCUT2D eigenvalue weighted by Gasteiger charge is -2.07. The van der Waals surface area contributed by atoms with Crippen molar-refractivity contribution in [2.24, 2.45) is 0 Å². The van der Waals surface area contributed by atoms with Crippen molar-refractivity contribution < 1.29 is 14.3 Å². The zero-order valence-corrected chi connectivity index (χ0v) is 15.4. The van der Waals surface area contributed by atoms with Gasteiger partial charge in [-0.2, -0.15) is 0 Å². The van der Waals surface area contributed by atoms with Gasteiger partial charge in [0.25, 0.3) is 5.91 Å². The molecule has 142 valence electrons. The highest BCUT2D eigenvalue weighted by atomic mass is 16.5. The topological polar surface area (TPSA) is 93.2 Å². The third-order valence-electron chi connectivity index (χ3n) is 4.00. The molecule has 0 aliphatic rings. The highest BCUT2D eigenvalue weighted by Crippen LogP contribution is 2.15. The molecule has 1 aromatic heterocycles. The number of nitrogens with one attached hydrogen (secondary N) is 2. The summed E-state index contributed by atoms with van der Waals surface area (Å²) >= 11 is 0. The molecule has 1 amide bonds. The van der Waals surface area contributed by atoms with E-state index in [-0.39, 0.29) is 11.6 Å². The summed E-state index contributed by atoms with van der Waals surface area (Å²) in [5, 5.41) is 5.89. The average molecular weight is 376 g/mol. The highest BCUT2D eigenvalue weighted by Gasteiger charge is 2.08. The predicted octanol–water partition coefficient (Wildman–Crippen LogP) is 2.98. The minimum atomic E-state index is -0.394. The summed E-state index contributed by atoms with van der Waals surface area (Å²) in [6, 6.07) is 16.7. The van der Waals surface area contributed by atoms with Gasteiger partial charge < -0.3 is 15.4 Å². The van der Waals surface area contributed by atoms with Crippen molar-refractivity contribution in [2.75, 3.05) is 19.0 Å². The van der Waals surface area contributed by atoms with Crippen LogP contribution in [0.2, 0.25) is 0 Å². The van der Waals surface area contributed by atoms with Gasteiger partial charge >= 0.3 is 5.97 Å². The Balaban J connectivity index is 1.52. The van der Waals surface area contributed by atoms with E-state index in [0.717, 1.165) is 17.7 Å². The largest absolute Gasteiger partial charge is 0.465 e. The molecule has 0 aliphatic carbocycles. The molecule has 0 atom stereocenters. The molecular formula is C21H20N4O3.